The van der Waals surface area contributed by atoms with E-state index in [0.29, 0.717) is 22.6 Å². The van der Waals surface area contributed by atoms with E-state index in [-0.39, 0.29) is 12.4 Å². The van der Waals surface area contributed by atoms with Crippen LogP contribution in [-0.2, 0) is 11.4 Å². The second-order valence-electron chi connectivity index (χ2n) is 4.62. The average Bonchev–Trinajstić information content (AvgIpc) is 2.51. The van der Waals surface area contributed by atoms with Crippen LogP contribution in [-0.4, -0.2) is 18.2 Å². The first-order valence-electron chi connectivity index (χ1n) is 6.65. The number of halogens is 2. The van der Waals surface area contributed by atoms with Gasteiger partial charge in [-0.3, -0.25) is 0 Å². The first kappa shape index (κ1) is 17.3. The van der Waals surface area contributed by atoms with Crippen LogP contribution in [0.15, 0.2) is 42.5 Å². The van der Waals surface area contributed by atoms with E-state index in [1.165, 1.54) is 25.3 Å². The van der Waals surface area contributed by atoms with Crippen LogP contribution in [0.2, 0.25) is 0 Å². The molecule has 4 nitrogen and oxygen atoms in total. The molecule has 1 N–H and O–H groups in total. The summed E-state index contributed by atoms with van der Waals surface area (Å²) in [4.78, 5) is 10.6. The van der Waals surface area contributed by atoms with E-state index < -0.39 is 5.97 Å². The predicted octanol–water partition coefficient (Wildman–Crippen LogP) is 4.12. The lowest BCUT2D eigenvalue weighted by molar-refractivity contribution is -0.131. The molecule has 2 aromatic rings. The highest BCUT2D eigenvalue weighted by atomic mass is 127. The number of ether oxygens (including phenoxy) is 2. The standard InChI is InChI=1S/C17H14FIO4/c1-22-15-9-11(5-6-16(20)21)8-14(19)17(15)23-10-12-3-2-4-13(18)7-12/h2-9H,10H2,1H3,(H,20,21)/b6-5+. The van der Waals surface area contributed by atoms with Gasteiger partial charge in [-0.2, -0.15) is 0 Å². The average molecular weight is 428 g/mol. The molecule has 0 saturated heterocycles. The Bertz CT molecular complexity index is 743. The van der Waals surface area contributed by atoms with E-state index in [2.05, 4.69) is 22.6 Å². The number of carboxylic acids is 1. The first-order valence-corrected chi connectivity index (χ1v) is 7.73. The summed E-state index contributed by atoms with van der Waals surface area (Å²) < 4.78 is 25.0. The largest absolute Gasteiger partial charge is 0.493 e. The Kier molecular flexibility index (Phi) is 5.97. The van der Waals surface area contributed by atoms with Crippen LogP contribution >= 0.6 is 22.6 Å². The van der Waals surface area contributed by atoms with E-state index >= 15 is 0 Å². The number of rotatable bonds is 6. The maximum absolute atomic E-state index is 13.2. The van der Waals surface area contributed by atoms with Crippen molar-refractivity contribution < 1.29 is 23.8 Å². The Labute approximate surface area is 146 Å². The van der Waals surface area contributed by atoms with Gasteiger partial charge in [-0.05, 0) is 64.1 Å². The smallest absolute Gasteiger partial charge is 0.328 e. The summed E-state index contributed by atoms with van der Waals surface area (Å²) in [7, 11) is 1.51. The van der Waals surface area contributed by atoms with Gasteiger partial charge in [-0.25, -0.2) is 9.18 Å². The number of carbonyl (C=O) groups is 1. The maximum Gasteiger partial charge on any atom is 0.328 e. The van der Waals surface area contributed by atoms with E-state index in [1.54, 1.807) is 24.3 Å². The fraction of sp³-hybridized carbons (Fsp3) is 0.118. The van der Waals surface area contributed by atoms with Gasteiger partial charge in [-0.15, -0.1) is 0 Å². The first-order chi connectivity index (χ1) is 11.0. The zero-order valence-corrected chi connectivity index (χ0v) is 14.4. The summed E-state index contributed by atoms with van der Waals surface area (Å²) in [6.07, 6.45) is 2.53. The molecule has 120 valence electrons. The quantitative estimate of drug-likeness (QED) is 0.556. The number of carboxylic acid groups (broad SMARTS) is 1. The highest BCUT2D eigenvalue weighted by Gasteiger charge is 2.11. The molecule has 0 aliphatic heterocycles. The molecular weight excluding hydrogens is 414 g/mol. The topological polar surface area (TPSA) is 55.8 Å². The molecule has 6 heteroatoms. The van der Waals surface area contributed by atoms with Gasteiger partial charge in [0.25, 0.3) is 0 Å². The third-order valence-electron chi connectivity index (χ3n) is 2.94. The normalized spacial score (nSPS) is 10.7. The van der Waals surface area contributed by atoms with Crippen molar-refractivity contribution in [3.63, 3.8) is 0 Å². The summed E-state index contributed by atoms with van der Waals surface area (Å²) >= 11 is 2.08. The van der Waals surface area contributed by atoms with Gasteiger partial charge in [0.15, 0.2) is 11.5 Å². The van der Waals surface area contributed by atoms with Crippen LogP contribution in [0.4, 0.5) is 4.39 Å². The molecule has 23 heavy (non-hydrogen) atoms. The molecule has 0 fully saturated rings. The fourth-order valence-electron chi connectivity index (χ4n) is 1.93. The summed E-state index contributed by atoms with van der Waals surface area (Å²) in [6.45, 7) is 0.203. The van der Waals surface area contributed by atoms with Crippen LogP contribution in [0.25, 0.3) is 6.08 Å². The van der Waals surface area contributed by atoms with Crippen molar-refractivity contribution in [1.29, 1.82) is 0 Å². The van der Waals surface area contributed by atoms with Gasteiger partial charge < -0.3 is 14.6 Å². The van der Waals surface area contributed by atoms with Gasteiger partial charge >= 0.3 is 5.97 Å². The zero-order valence-electron chi connectivity index (χ0n) is 12.3. The molecule has 0 atom stereocenters. The van der Waals surface area contributed by atoms with E-state index in [0.717, 1.165) is 9.65 Å². The van der Waals surface area contributed by atoms with Crippen molar-refractivity contribution in [3.8, 4) is 11.5 Å². The number of hydrogen-bond acceptors (Lipinski definition) is 3. The Morgan fingerprint density at radius 3 is 2.78 bits per heavy atom. The van der Waals surface area contributed by atoms with Crippen molar-refractivity contribution in [2.45, 2.75) is 6.61 Å². The lowest BCUT2D eigenvalue weighted by Gasteiger charge is -2.13. The van der Waals surface area contributed by atoms with Gasteiger partial charge in [-0.1, -0.05) is 12.1 Å². The fourth-order valence-corrected chi connectivity index (χ4v) is 2.71. The summed E-state index contributed by atoms with van der Waals surface area (Å²) in [5.41, 5.74) is 1.39. The molecule has 2 rings (SSSR count). The molecule has 0 unspecified atom stereocenters. The molecule has 0 spiro atoms. The Morgan fingerprint density at radius 2 is 2.13 bits per heavy atom. The van der Waals surface area contributed by atoms with Crippen molar-refractivity contribution in [1.82, 2.24) is 0 Å². The number of methoxy groups -OCH3 is 1. The monoisotopic (exact) mass is 428 g/mol. The Hall–Kier alpha value is -2.09. The van der Waals surface area contributed by atoms with Crippen LogP contribution in [0.1, 0.15) is 11.1 Å². The minimum atomic E-state index is -1.02. The molecule has 0 aliphatic carbocycles. The van der Waals surface area contributed by atoms with E-state index in [9.17, 15) is 9.18 Å². The van der Waals surface area contributed by atoms with Crippen molar-refractivity contribution >= 4 is 34.6 Å². The maximum atomic E-state index is 13.2. The summed E-state index contributed by atoms with van der Waals surface area (Å²) in [6, 6.07) is 9.63. The SMILES string of the molecule is COc1cc(/C=C/C(=O)O)cc(I)c1OCc1cccc(F)c1. The molecule has 0 saturated carbocycles. The molecule has 0 aromatic heterocycles. The molecule has 0 amide bonds. The van der Waals surface area contributed by atoms with Crippen molar-refractivity contribution in [3.05, 3.63) is 63.0 Å². The van der Waals surface area contributed by atoms with Gasteiger partial charge in [0.2, 0.25) is 0 Å². The van der Waals surface area contributed by atoms with Crippen LogP contribution in [0.3, 0.4) is 0 Å². The van der Waals surface area contributed by atoms with Gasteiger partial charge in [0.1, 0.15) is 12.4 Å². The second kappa shape index (κ2) is 7.96. The third-order valence-corrected chi connectivity index (χ3v) is 3.74. The second-order valence-corrected chi connectivity index (χ2v) is 5.79. The van der Waals surface area contributed by atoms with Crippen molar-refractivity contribution in [2.75, 3.05) is 7.11 Å². The lowest BCUT2D eigenvalue weighted by atomic mass is 10.2. The minimum absolute atomic E-state index is 0.203. The molecule has 0 bridgehead atoms. The lowest BCUT2D eigenvalue weighted by Crippen LogP contribution is -2.00. The predicted molar refractivity (Wildman–Crippen MR) is 93.1 cm³/mol. The molecule has 0 aliphatic rings. The number of benzene rings is 2. The molecule has 0 radical (unpaired) electrons. The van der Waals surface area contributed by atoms with Gasteiger partial charge in [0.05, 0.1) is 10.7 Å². The highest BCUT2D eigenvalue weighted by Crippen LogP contribution is 2.35. The minimum Gasteiger partial charge on any atom is -0.493 e. The zero-order chi connectivity index (χ0) is 16.8. The highest BCUT2D eigenvalue weighted by molar-refractivity contribution is 14.1. The number of hydrogen-bond donors (Lipinski definition) is 1. The van der Waals surface area contributed by atoms with E-state index in [4.69, 9.17) is 14.6 Å². The van der Waals surface area contributed by atoms with Crippen LogP contribution < -0.4 is 9.47 Å². The molecular formula is C17H14FIO4. The summed E-state index contributed by atoms with van der Waals surface area (Å²) in [5.74, 6) is -0.324. The van der Waals surface area contributed by atoms with Crippen molar-refractivity contribution in [2.24, 2.45) is 0 Å². The Morgan fingerprint density at radius 1 is 1.35 bits per heavy atom. The molecule has 2 aromatic carbocycles. The van der Waals surface area contributed by atoms with E-state index in [1.807, 2.05) is 0 Å². The van der Waals surface area contributed by atoms with Gasteiger partial charge in [0, 0.05) is 6.08 Å². The Balaban J connectivity index is 2.22. The molecule has 0 heterocycles. The number of aliphatic carboxylic acids is 1. The third kappa shape index (κ3) is 4.95. The van der Waals surface area contributed by atoms with Crippen LogP contribution in [0, 0.1) is 9.39 Å². The van der Waals surface area contributed by atoms with Crippen LogP contribution in [0.5, 0.6) is 11.5 Å². The summed E-state index contributed by atoms with van der Waals surface area (Å²) in [5, 5.41) is 8.68.